The zero-order valence-corrected chi connectivity index (χ0v) is 16.6. The summed E-state index contributed by atoms with van der Waals surface area (Å²) in [5.41, 5.74) is 1.14. The highest BCUT2D eigenvalue weighted by atomic mass is 16.5. The molecule has 6 heteroatoms. The number of hydrogen-bond acceptors (Lipinski definition) is 6. The standard InChI is InChI=1S/C22H30O6/c1-25-21-11-6-17(15-22(21)26-2)12-14-27-13-4-3-5-19(24)16-28-20-9-7-18(23)8-10-20/h6-11,15,19,23-24H,3-5,12-14,16H2,1-2H3/t19-/m0/s1. The zero-order chi connectivity index (χ0) is 20.2. The average molecular weight is 390 g/mol. The van der Waals surface area contributed by atoms with Gasteiger partial charge in [-0.1, -0.05) is 6.07 Å². The Hall–Kier alpha value is -2.44. The Bertz CT molecular complexity index is 686. The molecular formula is C22H30O6. The molecule has 0 heterocycles. The maximum Gasteiger partial charge on any atom is 0.160 e. The summed E-state index contributed by atoms with van der Waals surface area (Å²) >= 11 is 0. The van der Waals surface area contributed by atoms with Gasteiger partial charge in [0.15, 0.2) is 11.5 Å². The van der Waals surface area contributed by atoms with Crippen LogP contribution in [-0.4, -0.2) is 50.4 Å². The molecule has 0 amide bonds. The van der Waals surface area contributed by atoms with Crippen molar-refractivity contribution >= 4 is 0 Å². The second-order valence-corrected chi connectivity index (χ2v) is 6.51. The number of aliphatic hydroxyl groups is 1. The molecule has 0 saturated carbocycles. The number of aromatic hydroxyl groups is 1. The van der Waals surface area contributed by atoms with Crippen LogP contribution in [0.15, 0.2) is 42.5 Å². The van der Waals surface area contributed by atoms with E-state index in [1.165, 1.54) is 0 Å². The van der Waals surface area contributed by atoms with Gasteiger partial charge in [-0.2, -0.15) is 0 Å². The molecule has 0 aromatic heterocycles. The van der Waals surface area contributed by atoms with Crippen molar-refractivity contribution in [2.75, 3.05) is 34.0 Å². The molecule has 0 aliphatic rings. The van der Waals surface area contributed by atoms with Crippen molar-refractivity contribution in [2.24, 2.45) is 0 Å². The molecule has 2 aromatic carbocycles. The van der Waals surface area contributed by atoms with E-state index in [2.05, 4.69) is 0 Å². The van der Waals surface area contributed by atoms with Crippen molar-refractivity contribution in [1.29, 1.82) is 0 Å². The lowest BCUT2D eigenvalue weighted by Gasteiger charge is -2.12. The quantitative estimate of drug-likeness (QED) is 0.509. The van der Waals surface area contributed by atoms with Gasteiger partial charge in [0.2, 0.25) is 0 Å². The Kier molecular flexibility index (Phi) is 9.45. The van der Waals surface area contributed by atoms with Gasteiger partial charge in [0, 0.05) is 6.61 Å². The summed E-state index contributed by atoms with van der Waals surface area (Å²) in [6.07, 6.45) is 2.72. The fourth-order valence-corrected chi connectivity index (χ4v) is 2.73. The van der Waals surface area contributed by atoms with Crippen LogP contribution in [0, 0.1) is 0 Å². The predicted molar refractivity (Wildman–Crippen MR) is 108 cm³/mol. The summed E-state index contributed by atoms with van der Waals surface area (Å²) in [5, 5.41) is 19.2. The van der Waals surface area contributed by atoms with Gasteiger partial charge in [0.1, 0.15) is 18.1 Å². The van der Waals surface area contributed by atoms with E-state index in [0.717, 1.165) is 36.3 Å². The number of hydrogen-bond donors (Lipinski definition) is 2. The third-order valence-corrected chi connectivity index (χ3v) is 4.34. The molecule has 2 rings (SSSR count). The highest BCUT2D eigenvalue weighted by Crippen LogP contribution is 2.27. The highest BCUT2D eigenvalue weighted by Gasteiger charge is 2.06. The van der Waals surface area contributed by atoms with Gasteiger partial charge in [-0.3, -0.25) is 0 Å². The molecule has 0 aliphatic heterocycles. The first-order valence-electron chi connectivity index (χ1n) is 9.51. The van der Waals surface area contributed by atoms with Crippen LogP contribution in [0.3, 0.4) is 0 Å². The van der Waals surface area contributed by atoms with Crippen molar-refractivity contribution in [3.8, 4) is 23.0 Å². The summed E-state index contributed by atoms with van der Waals surface area (Å²) in [6, 6.07) is 12.3. The first-order chi connectivity index (χ1) is 13.6. The average Bonchev–Trinajstić information content (AvgIpc) is 2.72. The molecule has 0 radical (unpaired) electrons. The van der Waals surface area contributed by atoms with Crippen molar-refractivity contribution in [3.63, 3.8) is 0 Å². The van der Waals surface area contributed by atoms with Crippen molar-refractivity contribution < 1.29 is 29.2 Å². The maximum absolute atomic E-state index is 9.97. The molecular weight excluding hydrogens is 360 g/mol. The van der Waals surface area contributed by atoms with Crippen LogP contribution in [0.25, 0.3) is 0 Å². The largest absolute Gasteiger partial charge is 0.508 e. The SMILES string of the molecule is COc1ccc(CCOCCCC[C@H](O)COc2ccc(O)cc2)cc1OC. The van der Waals surface area contributed by atoms with Gasteiger partial charge in [-0.15, -0.1) is 0 Å². The van der Waals surface area contributed by atoms with Crippen LogP contribution in [0.2, 0.25) is 0 Å². The van der Waals surface area contributed by atoms with E-state index < -0.39 is 6.10 Å². The molecule has 2 N–H and O–H groups in total. The number of ether oxygens (including phenoxy) is 4. The molecule has 0 aliphatic carbocycles. The predicted octanol–water partition coefficient (Wildman–Crippen LogP) is 3.58. The molecule has 0 unspecified atom stereocenters. The molecule has 28 heavy (non-hydrogen) atoms. The van der Waals surface area contributed by atoms with Gasteiger partial charge in [-0.25, -0.2) is 0 Å². The number of methoxy groups -OCH3 is 2. The van der Waals surface area contributed by atoms with E-state index in [4.69, 9.17) is 18.9 Å². The monoisotopic (exact) mass is 390 g/mol. The van der Waals surface area contributed by atoms with Crippen LogP contribution in [0.5, 0.6) is 23.0 Å². The van der Waals surface area contributed by atoms with Crippen molar-refractivity contribution in [3.05, 3.63) is 48.0 Å². The maximum atomic E-state index is 9.97. The van der Waals surface area contributed by atoms with Gasteiger partial charge >= 0.3 is 0 Å². The number of phenolic OH excluding ortho intramolecular Hbond substituents is 1. The molecule has 0 fully saturated rings. The molecule has 0 spiro atoms. The van der Waals surface area contributed by atoms with Crippen LogP contribution < -0.4 is 14.2 Å². The first kappa shape index (κ1) is 21.9. The van der Waals surface area contributed by atoms with Crippen molar-refractivity contribution in [1.82, 2.24) is 0 Å². The normalized spacial score (nSPS) is 11.8. The summed E-state index contributed by atoms with van der Waals surface area (Å²) in [7, 11) is 3.25. The minimum Gasteiger partial charge on any atom is -0.508 e. The fraction of sp³-hybridized carbons (Fsp3) is 0.455. The lowest BCUT2D eigenvalue weighted by Crippen LogP contribution is -2.17. The Labute approximate surface area is 166 Å². The third kappa shape index (κ3) is 7.66. The number of benzene rings is 2. The molecule has 0 bridgehead atoms. The minimum atomic E-state index is -0.513. The number of aliphatic hydroxyl groups excluding tert-OH is 1. The molecule has 154 valence electrons. The highest BCUT2D eigenvalue weighted by molar-refractivity contribution is 5.42. The number of rotatable bonds is 13. The van der Waals surface area contributed by atoms with Gasteiger partial charge in [0.25, 0.3) is 0 Å². The van der Waals surface area contributed by atoms with Gasteiger partial charge in [0.05, 0.1) is 26.9 Å². The van der Waals surface area contributed by atoms with E-state index in [0.29, 0.717) is 25.4 Å². The lowest BCUT2D eigenvalue weighted by molar-refractivity contribution is 0.0904. The Balaban J connectivity index is 1.52. The second-order valence-electron chi connectivity index (χ2n) is 6.51. The third-order valence-electron chi connectivity index (χ3n) is 4.34. The van der Waals surface area contributed by atoms with Crippen molar-refractivity contribution in [2.45, 2.75) is 31.8 Å². The van der Waals surface area contributed by atoms with Crippen LogP contribution >= 0.6 is 0 Å². The minimum absolute atomic E-state index is 0.194. The molecule has 1 atom stereocenters. The Morgan fingerprint density at radius 1 is 0.893 bits per heavy atom. The fourth-order valence-electron chi connectivity index (χ4n) is 2.73. The topological polar surface area (TPSA) is 77.4 Å². The van der Waals surface area contributed by atoms with E-state index in [1.54, 1.807) is 38.5 Å². The van der Waals surface area contributed by atoms with E-state index in [1.807, 2.05) is 18.2 Å². The van der Waals surface area contributed by atoms with Crippen LogP contribution in [-0.2, 0) is 11.2 Å². The first-order valence-corrected chi connectivity index (χ1v) is 9.51. The zero-order valence-electron chi connectivity index (χ0n) is 16.6. The smallest absolute Gasteiger partial charge is 0.160 e. The summed E-state index contributed by atoms with van der Waals surface area (Å²) in [4.78, 5) is 0. The molecule has 2 aromatic rings. The van der Waals surface area contributed by atoms with E-state index in [-0.39, 0.29) is 12.4 Å². The van der Waals surface area contributed by atoms with Crippen LogP contribution in [0.4, 0.5) is 0 Å². The summed E-state index contributed by atoms with van der Waals surface area (Å²) in [6.45, 7) is 1.55. The number of unbranched alkanes of at least 4 members (excludes halogenated alkanes) is 1. The molecule has 0 saturated heterocycles. The van der Waals surface area contributed by atoms with E-state index in [9.17, 15) is 10.2 Å². The Morgan fingerprint density at radius 2 is 1.64 bits per heavy atom. The van der Waals surface area contributed by atoms with Gasteiger partial charge < -0.3 is 29.2 Å². The van der Waals surface area contributed by atoms with E-state index >= 15 is 0 Å². The lowest BCUT2D eigenvalue weighted by atomic mass is 10.1. The Morgan fingerprint density at radius 3 is 2.36 bits per heavy atom. The summed E-state index contributed by atoms with van der Waals surface area (Å²) < 4.78 is 21.7. The molecule has 6 nitrogen and oxygen atoms in total. The van der Waals surface area contributed by atoms with Crippen LogP contribution in [0.1, 0.15) is 24.8 Å². The summed E-state index contributed by atoms with van der Waals surface area (Å²) in [5.74, 6) is 2.28. The van der Waals surface area contributed by atoms with Gasteiger partial charge in [-0.05, 0) is 67.6 Å². The second kappa shape index (κ2) is 12.1. The number of phenols is 1.